The van der Waals surface area contributed by atoms with Crippen LogP contribution in [0.1, 0.15) is 89.5 Å². The number of hydrogen-bond donors (Lipinski definition) is 8. The minimum Gasteiger partial charge on any atom is -0.491 e. The van der Waals surface area contributed by atoms with Gasteiger partial charge in [-0.1, -0.05) is 18.2 Å². The molecule has 0 aliphatic rings. The van der Waals surface area contributed by atoms with E-state index in [0.717, 1.165) is 6.26 Å². The summed E-state index contributed by atoms with van der Waals surface area (Å²) in [5.74, 6) is -3.29. The second kappa shape index (κ2) is 42.5. The van der Waals surface area contributed by atoms with Gasteiger partial charge in [0.05, 0.1) is 133 Å². The summed E-state index contributed by atoms with van der Waals surface area (Å²) in [6.07, 6.45) is 11.7. The molecule has 38 heteroatoms. The lowest BCUT2D eigenvalue weighted by Crippen LogP contribution is -2.33. The molecule has 8 amide bonds. The number of nitrogens with zero attached hydrogens (tertiary/aromatic N) is 9. The molecule has 1 aromatic carbocycles. The number of aromatic nitrogens is 9. The van der Waals surface area contributed by atoms with E-state index in [1.54, 1.807) is 105 Å². The Morgan fingerprint density at radius 2 is 0.853 bits per heavy atom. The van der Waals surface area contributed by atoms with Crippen molar-refractivity contribution >= 4 is 91.4 Å². The van der Waals surface area contributed by atoms with E-state index in [0.29, 0.717) is 133 Å². The molecule has 0 spiro atoms. The summed E-state index contributed by atoms with van der Waals surface area (Å²) >= 11 is 0. The predicted octanol–water partition coefficient (Wildman–Crippen LogP) is 2.56. The van der Waals surface area contributed by atoms with Crippen molar-refractivity contribution in [3.05, 3.63) is 133 Å². The van der Waals surface area contributed by atoms with Crippen LogP contribution in [-0.4, -0.2) is 248 Å². The number of anilines is 4. The number of amides is 8. The normalized spacial score (nSPS) is 11.4. The van der Waals surface area contributed by atoms with E-state index in [1.807, 2.05) is 0 Å². The van der Waals surface area contributed by atoms with Gasteiger partial charge in [0.15, 0.2) is 33.1 Å². The van der Waals surface area contributed by atoms with E-state index in [9.17, 15) is 51.6 Å². The number of carbonyl (C=O) groups excluding carboxylic acids is 9. The molecule has 0 bridgehead atoms. The van der Waals surface area contributed by atoms with Gasteiger partial charge in [0.1, 0.15) is 23.7 Å². The lowest BCUT2D eigenvalue weighted by atomic mass is 10.1. The van der Waals surface area contributed by atoms with Crippen molar-refractivity contribution < 1.29 is 94.2 Å². The molecule has 0 fully saturated rings. The second-order valence-corrected chi connectivity index (χ2v) is 26.4. The fraction of sp³-hybridized carbons (Fsp3) is 0.437. The van der Waals surface area contributed by atoms with Crippen LogP contribution in [0.2, 0.25) is 0 Å². The first kappa shape index (κ1) is 83.7. The Morgan fingerprint density at radius 1 is 0.413 bits per heavy atom. The van der Waals surface area contributed by atoms with Crippen molar-refractivity contribution in [2.75, 3.05) is 166 Å². The largest absolute Gasteiger partial charge is 0.491 e. The molecule has 0 aliphatic heterocycles. The van der Waals surface area contributed by atoms with Gasteiger partial charge in [0.25, 0.3) is 29.5 Å². The number of imidazole rings is 3. The minimum atomic E-state index is -3.53. The topological polar surface area (TPSA) is 435 Å². The Hall–Kier alpha value is -11.0. The van der Waals surface area contributed by atoms with Crippen LogP contribution in [0, 0.1) is 0 Å². The minimum absolute atomic E-state index is 0.00883. The molecule has 37 nitrogen and oxygen atoms in total. The average Bonchev–Trinajstić information content (AvgIpc) is 1.63. The summed E-state index contributed by atoms with van der Waals surface area (Å²) in [6, 6.07) is 14.8. The van der Waals surface area contributed by atoms with Gasteiger partial charge in [0, 0.05) is 154 Å². The van der Waals surface area contributed by atoms with Gasteiger partial charge in [-0.25, -0.2) is 23.4 Å². The van der Waals surface area contributed by atoms with E-state index in [2.05, 4.69) is 57.5 Å². The first-order chi connectivity index (χ1) is 52.4. The maximum atomic E-state index is 13.3. The summed E-state index contributed by atoms with van der Waals surface area (Å²) in [7, 11) is 4.50. The SMILES string of the molecule is CC(=O)c1cc(-c2ccccc2S(C)(=O)=O)c2cc(OCCOCCOCCOCCOCCOCCOCCOCCOCCNC(=O)CCNC(=O)c3nc(NC(=O)CCNC(=O)c4cc(NC(=O)c5nc(NC(=O)CCNC(=O)c6cc(NC(=O)c7nccn7C)cn6C)cn5C)cn4C)cn3C)ccn12. The summed E-state index contributed by atoms with van der Waals surface area (Å²) in [4.78, 5) is 128. The molecular weight excluding hydrogens is 1440 g/mol. The van der Waals surface area contributed by atoms with Crippen molar-refractivity contribution in [1.82, 2.24) is 63.5 Å². The quantitative estimate of drug-likeness (QED) is 0.0201. The standard InChI is InChI=1S/C71H93N17O20S/c1-48(89)54-43-53(52-10-8-9-11-58(52)109(7,98)99)55-42-51(15-21-88(54)55)108-39-38-107-37-36-106-35-34-105-33-32-104-31-30-103-29-28-102-27-26-101-25-24-100-23-20-72-61(90)12-16-76-69(95)65-81-59(46-86(65)5)79-62(91)13-17-75-68(94)57-41-50(45-85(57)4)78-71(97)66-82-60(47-87(66)6)80-63(92)14-18-74-67(93)56-40-49(44-84(56)3)77-70(96)64-73-19-22-83(64)2/h8-11,15,19,21-22,40-47H,12-14,16-18,20,23-39H2,1-7H3,(H,72,90)(H,74,93)(H,75,94)(H,76,95)(H,77,96)(H,78,97)(H,79,91)(H,80,92). The zero-order valence-electron chi connectivity index (χ0n) is 61.8. The molecule has 0 radical (unpaired) electrons. The van der Waals surface area contributed by atoms with Gasteiger partial charge in [-0.2, -0.15) is 0 Å². The molecule has 0 atom stereocenters. The number of pyridine rings is 1. The highest BCUT2D eigenvalue weighted by atomic mass is 32.2. The van der Waals surface area contributed by atoms with Gasteiger partial charge >= 0.3 is 0 Å². The van der Waals surface area contributed by atoms with Gasteiger partial charge in [-0.05, 0) is 30.3 Å². The average molecular weight is 1540 g/mol. The number of hydrogen-bond acceptors (Lipinski definition) is 23. The Labute approximate surface area is 628 Å². The van der Waals surface area contributed by atoms with E-state index in [-0.39, 0.29) is 121 Å². The third-order valence-corrected chi connectivity index (χ3v) is 17.1. The van der Waals surface area contributed by atoms with Crippen LogP contribution in [0.5, 0.6) is 5.75 Å². The Balaban J connectivity index is 0.560. The highest BCUT2D eigenvalue weighted by molar-refractivity contribution is 7.90. The number of fused-ring (bicyclic) bond motifs is 1. The molecule has 7 heterocycles. The first-order valence-electron chi connectivity index (χ1n) is 34.8. The maximum Gasteiger partial charge on any atom is 0.291 e. The molecule has 8 aromatic rings. The summed E-state index contributed by atoms with van der Waals surface area (Å²) in [5.41, 5.74) is 3.23. The van der Waals surface area contributed by atoms with Crippen molar-refractivity contribution in [2.24, 2.45) is 35.2 Å². The Kier molecular flexibility index (Phi) is 32.7. The van der Waals surface area contributed by atoms with Crippen molar-refractivity contribution in [2.45, 2.75) is 31.1 Å². The number of rotatable bonds is 49. The third kappa shape index (κ3) is 26.4. The lowest BCUT2D eigenvalue weighted by Gasteiger charge is -2.10. The molecule has 7 aromatic heterocycles. The molecule has 8 N–H and O–H groups in total. The number of benzene rings is 1. The van der Waals surface area contributed by atoms with E-state index in [1.165, 1.54) is 62.1 Å². The number of ether oxygens (including phenoxy) is 9. The fourth-order valence-electron chi connectivity index (χ4n) is 10.7. The van der Waals surface area contributed by atoms with Crippen LogP contribution in [-0.2, 0) is 97.4 Å². The number of aryl methyl sites for hydroxylation is 5. The smallest absolute Gasteiger partial charge is 0.291 e. The summed E-state index contributed by atoms with van der Waals surface area (Å²) in [5, 5.41) is 21.3. The highest BCUT2D eigenvalue weighted by Gasteiger charge is 2.24. The van der Waals surface area contributed by atoms with Crippen LogP contribution < -0.4 is 47.3 Å². The Morgan fingerprint density at radius 3 is 1.32 bits per heavy atom. The second-order valence-electron chi connectivity index (χ2n) is 24.4. The number of carbonyl (C=O) groups is 9. The molecule has 0 unspecified atom stereocenters. The zero-order chi connectivity index (χ0) is 78.2. The van der Waals surface area contributed by atoms with Gasteiger partial charge in [-0.15, -0.1) is 0 Å². The van der Waals surface area contributed by atoms with Crippen molar-refractivity contribution in [1.29, 1.82) is 0 Å². The summed E-state index contributed by atoms with van der Waals surface area (Å²) in [6.45, 7) is 7.78. The van der Waals surface area contributed by atoms with Crippen molar-refractivity contribution in [3.8, 4) is 16.9 Å². The monoisotopic (exact) mass is 1540 g/mol. The Bertz CT molecular complexity index is 4530. The molecule has 0 aliphatic carbocycles. The number of nitrogens with one attached hydrogen (secondary N) is 8. The fourth-order valence-corrected chi connectivity index (χ4v) is 11.6. The first-order valence-corrected chi connectivity index (χ1v) is 36.7. The van der Waals surface area contributed by atoms with Crippen LogP contribution in [0.15, 0.2) is 103 Å². The van der Waals surface area contributed by atoms with Crippen molar-refractivity contribution in [3.63, 3.8) is 0 Å². The number of ketones is 1. The number of sulfone groups is 1. The maximum absolute atomic E-state index is 13.3. The lowest BCUT2D eigenvalue weighted by molar-refractivity contribution is -0.121. The van der Waals surface area contributed by atoms with Gasteiger partial charge in [-0.3, -0.25) is 43.2 Å². The molecule has 0 saturated heterocycles. The number of Topliss-reactive ketones (excluding diaryl/α,β-unsaturated/α-hetero) is 1. The van der Waals surface area contributed by atoms with Crippen LogP contribution >= 0.6 is 0 Å². The van der Waals surface area contributed by atoms with E-state index >= 15 is 0 Å². The van der Waals surface area contributed by atoms with E-state index < -0.39 is 51.2 Å². The molecule has 109 heavy (non-hydrogen) atoms. The molecule has 0 saturated carbocycles. The molecule has 588 valence electrons. The third-order valence-electron chi connectivity index (χ3n) is 16.0. The molecule has 8 rings (SSSR count). The van der Waals surface area contributed by atoms with Gasteiger partial charge < -0.3 is 112 Å². The van der Waals surface area contributed by atoms with Crippen LogP contribution in [0.3, 0.4) is 0 Å². The van der Waals surface area contributed by atoms with Crippen LogP contribution in [0.4, 0.5) is 23.0 Å². The van der Waals surface area contributed by atoms with E-state index in [4.69, 9.17) is 42.6 Å². The summed E-state index contributed by atoms with van der Waals surface area (Å²) < 4.78 is 84.5. The van der Waals surface area contributed by atoms with Gasteiger partial charge in [0.2, 0.25) is 29.4 Å². The molecular formula is C71H93N17O20S. The van der Waals surface area contributed by atoms with Crippen LogP contribution in [0.25, 0.3) is 16.6 Å². The zero-order valence-corrected chi connectivity index (χ0v) is 62.6. The highest BCUT2D eigenvalue weighted by Crippen LogP contribution is 2.35. The predicted molar refractivity (Wildman–Crippen MR) is 395 cm³/mol.